The molecule has 0 radical (unpaired) electrons. The number of hydrogen-bond acceptors (Lipinski definition) is 2. The molecule has 1 saturated heterocycles. The first-order valence-electron chi connectivity index (χ1n) is 6.91. The number of nitrogens with zero attached hydrogens (tertiary/aromatic N) is 1. The minimum atomic E-state index is 0.347. The van der Waals surface area contributed by atoms with Crippen molar-refractivity contribution in [2.45, 2.75) is 62.9 Å². The molecule has 2 nitrogen and oxygen atoms in total. The van der Waals surface area contributed by atoms with Crippen LogP contribution >= 0.6 is 0 Å². The average Bonchev–Trinajstić information content (AvgIpc) is 2.95. The van der Waals surface area contributed by atoms with Crippen molar-refractivity contribution in [2.24, 2.45) is 5.73 Å². The van der Waals surface area contributed by atoms with Gasteiger partial charge in [-0.1, -0.05) is 18.9 Å². The lowest BCUT2D eigenvalue weighted by atomic mass is 9.84. The van der Waals surface area contributed by atoms with Gasteiger partial charge < -0.3 is 5.73 Å². The minimum Gasteiger partial charge on any atom is -0.326 e. The van der Waals surface area contributed by atoms with Crippen molar-refractivity contribution in [3.63, 3.8) is 0 Å². The number of likely N-dealkylation sites (tertiary alicyclic amines) is 1. The molecule has 1 atom stereocenters. The monoisotopic (exact) mass is 222 g/mol. The van der Waals surface area contributed by atoms with Crippen molar-refractivity contribution in [1.82, 2.24) is 4.90 Å². The predicted molar refractivity (Wildman–Crippen MR) is 69.4 cm³/mol. The summed E-state index contributed by atoms with van der Waals surface area (Å²) in [6, 6.07) is 0.353. The third-order valence-electron chi connectivity index (χ3n) is 4.58. The Kier molecular flexibility index (Phi) is 4.04. The smallest absolute Gasteiger partial charge is 0.0360 e. The van der Waals surface area contributed by atoms with Crippen LogP contribution in [0.1, 0.15) is 51.4 Å². The summed E-state index contributed by atoms with van der Waals surface area (Å²) in [5.41, 5.74) is 6.84. The number of hydrogen-bond donors (Lipinski definition) is 1. The first kappa shape index (κ1) is 12.1. The summed E-state index contributed by atoms with van der Waals surface area (Å²) in [4.78, 5) is 2.70. The van der Waals surface area contributed by atoms with Gasteiger partial charge in [-0.2, -0.15) is 0 Å². The molecule has 0 amide bonds. The van der Waals surface area contributed by atoms with E-state index in [9.17, 15) is 0 Å². The van der Waals surface area contributed by atoms with Crippen LogP contribution in [0.4, 0.5) is 0 Å². The third-order valence-corrected chi connectivity index (χ3v) is 4.58. The Labute approximate surface area is 99.9 Å². The van der Waals surface area contributed by atoms with Crippen LogP contribution in [0.25, 0.3) is 0 Å². The van der Waals surface area contributed by atoms with Crippen molar-refractivity contribution in [3.05, 3.63) is 12.7 Å². The molecule has 2 fully saturated rings. The standard InChI is InChI=1S/C14H26N2/c1-2-3-8-13(15)14(9-4-5-10-14)16-11-6-7-12-16/h2,13H,1,3-12,15H2. The van der Waals surface area contributed by atoms with Gasteiger partial charge in [-0.05, 0) is 51.6 Å². The molecule has 1 saturated carbocycles. The van der Waals surface area contributed by atoms with E-state index in [1.807, 2.05) is 6.08 Å². The van der Waals surface area contributed by atoms with Crippen LogP contribution in [0.5, 0.6) is 0 Å². The highest BCUT2D eigenvalue weighted by molar-refractivity contribution is 5.03. The zero-order valence-electron chi connectivity index (χ0n) is 10.5. The Morgan fingerprint density at radius 1 is 1.19 bits per heavy atom. The second-order valence-corrected chi connectivity index (χ2v) is 5.48. The SMILES string of the molecule is C=CCCC(N)C1(N2CCCC2)CCCC1. The van der Waals surface area contributed by atoms with Crippen LogP contribution in [0.3, 0.4) is 0 Å². The van der Waals surface area contributed by atoms with E-state index in [2.05, 4.69) is 11.5 Å². The molecule has 0 spiro atoms. The highest BCUT2D eigenvalue weighted by Gasteiger charge is 2.44. The molecular formula is C14H26N2. The van der Waals surface area contributed by atoms with E-state index >= 15 is 0 Å². The lowest BCUT2D eigenvalue weighted by Crippen LogP contribution is -2.57. The predicted octanol–water partition coefficient (Wildman–Crippen LogP) is 2.69. The summed E-state index contributed by atoms with van der Waals surface area (Å²) in [6.45, 7) is 6.37. The maximum absolute atomic E-state index is 6.49. The topological polar surface area (TPSA) is 29.3 Å². The highest BCUT2D eigenvalue weighted by atomic mass is 15.2. The van der Waals surface area contributed by atoms with Crippen LogP contribution < -0.4 is 5.73 Å². The lowest BCUT2D eigenvalue weighted by molar-refractivity contribution is 0.0892. The van der Waals surface area contributed by atoms with Crippen molar-refractivity contribution in [1.29, 1.82) is 0 Å². The summed E-state index contributed by atoms with van der Waals surface area (Å²) in [6.07, 6.45) is 12.3. The van der Waals surface area contributed by atoms with E-state index < -0.39 is 0 Å². The van der Waals surface area contributed by atoms with E-state index in [4.69, 9.17) is 5.73 Å². The van der Waals surface area contributed by atoms with Gasteiger partial charge in [0.2, 0.25) is 0 Å². The molecule has 0 aromatic heterocycles. The van der Waals surface area contributed by atoms with Crippen LogP contribution in [0.2, 0.25) is 0 Å². The molecule has 0 aromatic carbocycles. The Morgan fingerprint density at radius 2 is 1.81 bits per heavy atom. The highest BCUT2D eigenvalue weighted by Crippen LogP contribution is 2.40. The van der Waals surface area contributed by atoms with Gasteiger partial charge in [0, 0.05) is 11.6 Å². The van der Waals surface area contributed by atoms with Crippen molar-refractivity contribution < 1.29 is 0 Å². The van der Waals surface area contributed by atoms with E-state index in [-0.39, 0.29) is 0 Å². The summed E-state index contributed by atoms with van der Waals surface area (Å²) < 4.78 is 0. The number of allylic oxidation sites excluding steroid dienone is 1. The molecule has 16 heavy (non-hydrogen) atoms. The zero-order chi connectivity index (χ0) is 11.4. The van der Waals surface area contributed by atoms with Crippen LogP contribution in [0.15, 0.2) is 12.7 Å². The van der Waals surface area contributed by atoms with E-state index in [0.29, 0.717) is 11.6 Å². The molecule has 1 aliphatic heterocycles. The Balaban J connectivity index is 2.04. The Hall–Kier alpha value is -0.340. The fourth-order valence-electron chi connectivity index (χ4n) is 3.64. The first-order valence-corrected chi connectivity index (χ1v) is 6.91. The quantitative estimate of drug-likeness (QED) is 0.725. The van der Waals surface area contributed by atoms with Crippen molar-refractivity contribution in [3.8, 4) is 0 Å². The lowest BCUT2D eigenvalue weighted by Gasteiger charge is -2.43. The van der Waals surface area contributed by atoms with Crippen molar-refractivity contribution in [2.75, 3.05) is 13.1 Å². The Morgan fingerprint density at radius 3 is 2.38 bits per heavy atom. The molecule has 1 aliphatic carbocycles. The third kappa shape index (κ3) is 2.18. The van der Waals surface area contributed by atoms with E-state index in [1.165, 1.54) is 51.6 Å². The molecule has 2 aliphatic rings. The van der Waals surface area contributed by atoms with Gasteiger partial charge in [0.15, 0.2) is 0 Å². The van der Waals surface area contributed by atoms with Gasteiger partial charge in [-0.15, -0.1) is 6.58 Å². The molecular weight excluding hydrogens is 196 g/mol. The average molecular weight is 222 g/mol. The number of nitrogens with two attached hydrogens (primary N) is 1. The van der Waals surface area contributed by atoms with Crippen LogP contribution in [0, 0.1) is 0 Å². The second-order valence-electron chi connectivity index (χ2n) is 5.48. The normalized spacial score (nSPS) is 27.1. The molecule has 0 bridgehead atoms. The van der Waals surface area contributed by atoms with Gasteiger partial charge in [0.1, 0.15) is 0 Å². The fraction of sp³-hybridized carbons (Fsp3) is 0.857. The molecule has 0 aromatic rings. The largest absolute Gasteiger partial charge is 0.326 e. The van der Waals surface area contributed by atoms with E-state index in [1.54, 1.807) is 0 Å². The first-order chi connectivity index (χ1) is 7.79. The summed E-state index contributed by atoms with van der Waals surface area (Å²) >= 11 is 0. The fourth-order valence-corrected chi connectivity index (χ4v) is 3.64. The molecule has 2 rings (SSSR count). The van der Waals surface area contributed by atoms with Gasteiger partial charge in [0.25, 0.3) is 0 Å². The van der Waals surface area contributed by atoms with Gasteiger partial charge in [0.05, 0.1) is 0 Å². The number of rotatable bonds is 5. The second kappa shape index (κ2) is 5.33. The maximum atomic E-state index is 6.49. The van der Waals surface area contributed by atoms with Gasteiger partial charge in [-0.3, -0.25) is 4.90 Å². The summed E-state index contributed by atoms with van der Waals surface area (Å²) in [5.74, 6) is 0. The molecule has 1 unspecified atom stereocenters. The molecule has 2 heteroatoms. The van der Waals surface area contributed by atoms with E-state index in [0.717, 1.165) is 12.8 Å². The Bertz CT molecular complexity index is 225. The van der Waals surface area contributed by atoms with Gasteiger partial charge >= 0.3 is 0 Å². The molecule has 92 valence electrons. The van der Waals surface area contributed by atoms with Crippen LogP contribution in [-0.4, -0.2) is 29.6 Å². The minimum absolute atomic E-state index is 0.347. The summed E-state index contributed by atoms with van der Waals surface area (Å²) in [7, 11) is 0. The van der Waals surface area contributed by atoms with Crippen LogP contribution in [-0.2, 0) is 0 Å². The maximum Gasteiger partial charge on any atom is 0.0360 e. The van der Waals surface area contributed by atoms with Crippen molar-refractivity contribution >= 4 is 0 Å². The molecule has 2 N–H and O–H groups in total. The van der Waals surface area contributed by atoms with Gasteiger partial charge in [-0.25, -0.2) is 0 Å². The molecule has 1 heterocycles. The summed E-state index contributed by atoms with van der Waals surface area (Å²) in [5, 5.41) is 0. The zero-order valence-corrected chi connectivity index (χ0v) is 10.5.